The van der Waals surface area contributed by atoms with Gasteiger partial charge in [-0.05, 0) is 24.3 Å². The molecule has 0 saturated heterocycles. The summed E-state index contributed by atoms with van der Waals surface area (Å²) < 4.78 is 1.01. The van der Waals surface area contributed by atoms with Crippen LogP contribution in [0.1, 0.15) is 0 Å². The average molecular weight is 227 g/mol. The van der Waals surface area contributed by atoms with Gasteiger partial charge in [-0.2, -0.15) is 5.10 Å². The topological polar surface area (TPSA) is 41.5 Å². The van der Waals surface area contributed by atoms with Crippen LogP contribution in [-0.4, -0.2) is 12.5 Å². The van der Waals surface area contributed by atoms with Crippen LogP contribution in [0.3, 0.4) is 0 Å². The fourth-order valence-electron chi connectivity index (χ4n) is 0.667. The lowest BCUT2D eigenvalue weighted by atomic mass is 10.3. The second kappa shape index (κ2) is 4.66. The number of carbonyl (C=O) groups excluding carboxylic acids is 1. The summed E-state index contributed by atoms with van der Waals surface area (Å²) in [5, 5.41) is 3.63. The van der Waals surface area contributed by atoms with E-state index in [1.807, 2.05) is 24.3 Å². The largest absolute Gasteiger partial charge is 0.297 e. The first-order valence-electron chi connectivity index (χ1n) is 3.31. The first-order valence-corrected chi connectivity index (χ1v) is 4.10. The van der Waals surface area contributed by atoms with Gasteiger partial charge in [0, 0.05) is 4.47 Å². The normalized spacial score (nSPS) is 10.1. The van der Waals surface area contributed by atoms with Gasteiger partial charge in [-0.15, -0.1) is 0 Å². The molecule has 0 bridgehead atoms. The van der Waals surface area contributed by atoms with Crippen molar-refractivity contribution in [1.29, 1.82) is 0 Å². The summed E-state index contributed by atoms with van der Waals surface area (Å²) in [5.41, 5.74) is 3.53. The zero-order chi connectivity index (χ0) is 8.81. The molecule has 0 radical (unpaired) electrons. The fraction of sp³-hybridized carbons (Fsp3) is 0. The number of carbonyl (C=O) groups is 1. The van der Waals surface area contributed by atoms with Crippen LogP contribution in [-0.2, 0) is 4.79 Å². The van der Waals surface area contributed by atoms with Crippen LogP contribution in [0.2, 0.25) is 0 Å². The quantitative estimate of drug-likeness (QED) is 0.487. The summed E-state index contributed by atoms with van der Waals surface area (Å²) in [6.07, 6.45) is 1.77. The highest BCUT2D eigenvalue weighted by Gasteiger charge is 1.87. The number of nitrogens with zero attached hydrogens (tertiary/aromatic N) is 1. The summed E-state index contributed by atoms with van der Waals surface area (Å²) >= 11 is 3.30. The number of rotatable bonds is 3. The Balaban J connectivity index is 2.58. The van der Waals surface area contributed by atoms with Crippen molar-refractivity contribution in [1.82, 2.24) is 0 Å². The molecule has 0 aromatic heterocycles. The van der Waals surface area contributed by atoms with E-state index in [2.05, 4.69) is 26.5 Å². The van der Waals surface area contributed by atoms with Crippen LogP contribution in [0.4, 0.5) is 5.69 Å². The summed E-state index contributed by atoms with van der Waals surface area (Å²) in [7, 11) is 0. The molecule has 12 heavy (non-hydrogen) atoms. The van der Waals surface area contributed by atoms with Gasteiger partial charge in [0.25, 0.3) is 0 Å². The third-order valence-corrected chi connectivity index (χ3v) is 1.70. The van der Waals surface area contributed by atoms with E-state index in [1.54, 1.807) is 0 Å². The Kier molecular flexibility index (Phi) is 3.47. The number of hydrazone groups is 1. The van der Waals surface area contributed by atoms with Crippen LogP contribution in [0, 0.1) is 0 Å². The Morgan fingerprint density at radius 2 is 2.00 bits per heavy atom. The van der Waals surface area contributed by atoms with Crippen LogP contribution in [0.15, 0.2) is 33.8 Å². The summed E-state index contributed by atoms with van der Waals surface area (Å²) in [4.78, 5) is 9.85. The second-order valence-corrected chi connectivity index (χ2v) is 2.95. The van der Waals surface area contributed by atoms with E-state index in [4.69, 9.17) is 0 Å². The molecule has 0 fully saturated rings. The van der Waals surface area contributed by atoms with Gasteiger partial charge < -0.3 is 0 Å². The Morgan fingerprint density at radius 1 is 1.33 bits per heavy atom. The fourth-order valence-corrected chi connectivity index (χ4v) is 0.931. The van der Waals surface area contributed by atoms with Gasteiger partial charge >= 0.3 is 0 Å². The van der Waals surface area contributed by atoms with E-state index in [0.29, 0.717) is 6.29 Å². The molecule has 0 saturated carbocycles. The molecule has 0 aliphatic carbocycles. The maximum atomic E-state index is 9.85. The van der Waals surface area contributed by atoms with Crippen LogP contribution in [0.25, 0.3) is 0 Å². The van der Waals surface area contributed by atoms with Crippen molar-refractivity contribution >= 4 is 34.1 Å². The third kappa shape index (κ3) is 2.84. The minimum absolute atomic E-state index is 0.617. The average Bonchev–Trinajstić information content (AvgIpc) is 2.09. The summed E-state index contributed by atoms with van der Waals surface area (Å²) in [6, 6.07) is 7.48. The standard InChI is InChI=1S/C8H7BrN2O/c9-7-1-3-8(4-2-7)11-10-5-6-12/h1-6,11H/b10-5+. The van der Waals surface area contributed by atoms with Crippen molar-refractivity contribution < 1.29 is 4.79 Å². The van der Waals surface area contributed by atoms with Gasteiger partial charge in [-0.25, -0.2) is 0 Å². The first kappa shape index (κ1) is 8.93. The molecule has 1 rings (SSSR count). The van der Waals surface area contributed by atoms with Gasteiger partial charge in [0.15, 0.2) is 6.29 Å². The molecule has 0 aliphatic heterocycles. The molecule has 0 aliphatic rings. The van der Waals surface area contributed by atoms with Gasteiger partial charge in [-0.3, -0.25) is 10.2 Å². The number of nitrogens with one attached hydrogen (secondary N) is 1. The number of aldehydes is 1. The molecule has 1 aromatic rings. The number of halogens is 1. The number of anilines is 1. The third-order valence-electron chi connectivity index (χ3n) is 1.17. The Hall–Kier alpha value is -1.16. The van der Waals surface area contributed by atoms with Crippen molar-refractivity contribution in [3.8, 4) is 0 Å². The van der Waals surface area contributed by atoms with Crippen molar-refractivity contribution in [2.45, 2.75) is 0 Å². The lowest BCUT2D eigenvalue weighted by Crippen LogP contribution is -1.88. The Labute approximate surface area is 78.6 Å². The Bertz CT molecular complexity index is 282. The molecular weight excluding hydrogens is 220 g/mol. The van der Waals surface area contributed by atoms with E-state index in [-0.39, 0.29) is 0 Å². The highest BCUT2D eigenvalue weighted by Crippen LogP contribution is 2.13. The lowest BCUT2D eigenvalue weighted by molar-refractivity contribution is -0.102. The Morgan fingerprint density at radius 3 is 2.58 bits per heavy atom. The van der Waals surface area contributed by atoms with E-state index in [0.717, 1.165) is 16.4 Å². The summed E-state index contributed by atoms with van der Waals surface area (Å²) in [6.45, 7) is 0. The minimum Gasteiger partial charge on any atom is -0.297 e. The van der Waals surface area contributed by atoms with E-state index in [9.17, 15) is 4.79 Å². The second-order valence-electron chi connectivity index (χ2n) is 2.03. The van der Waals surface area contributed by atoms with E-state index >= 15 is 0 Å². The smallest absolute Gasteiger partial charge is 0.162 e. The molecule has 0 amide bonds. The van der Waals surface area contributed by atoms with Crippen molar-refractivity contribution in [2.24, 2.45) is 5.10 Å². The zero-order valence-corrected chi connectivity index (χ0v) is 7.78. The predicted octanol–water partition coefficient (Wildman–Crippen LogP) is 2.05. The maximum absolute atomic E-state index is 9.85. The lowest BCUT2D eigenvalue weighted by Gasteiger charge is -1.97. The number of benzene rings is 1. The zero-order valence-electron chi connectivity index (χ0n) is 6.20. The van der Waals surface area contributed by atoms with Gasteiger partial charge in [-0.1, -0.05) is 15.9 Å². The van der Waals surface area contributed by atoms with Crippen molar-refractivity contribution in [2.75, 3.05) is 5.43 Å². The van der Waals surface area contributed by atoms with Crippen molar-refractivity contribution in [3.05, 3.63) is 28.7 Å². The first-order chi connectivity index (χ1) is 5.83. The minimum atomic E-state index is 0.617. The number of hydrogen-bond acceptors (Lipinski definition) is 3. The summed E-state index contributed by atoms with van der Waals surface area (Å²) in [5.74, 6) is 0. The van der Waals surface area contributed by atoms with Gasteiger partial charge in [0.2, 0.25) is 0 Å². The number of hydrogen-bond donors (Lipinski definition) is 1. The van der Waals surface area contributed by atoms with Crippen LogP contribution < -0.4 is 5.43 Å². The predicted molar refractivity (Wildman–Crippen MR) is 52.3 cm³/mol. The van der Waals surface area contributed by atoms with Crippen LogP contribution >= 0.6 is 15.9 Å². The van der Waals surface area contributed by atoms with E-state index < -0.39 is 0 Å². The molecule has 1 aromatic carbocycles. The molecule has 0 atom stereocenters. The van der Waals surface area contributed by atoms with Gasteiger partial charge in [0.1, 0.15) is 0 Å². The SMILES string of the molecule is O=C/C=N/Nc1ccc(Br)cc1. The highest BCUT2D eigenvalue weighted by atomic mass is 79.9. The molecule has 62 valence electrons. The van der Waals surface area contributed by atoms with Gasteiger partial charge in [0.05, 0.1) is 11.9 Å². The molecule has 0 spiro atoms. The van der Waals surface area contributed by atoms with Crippen molar-refractivity contribution in [3.63, 3.8) is 0 Å². The van der Waals surface area contributed by atoms with E-state index in [1.165, 1.54) is 0 Å². The molecular formula is C8H7BrN2O. The maximum Gasteiger partial charge on any atom is 0.162 e. The molecule has 3 nitrogen and oxygen atoms in total. The van der Waals surface area contributed by atoms with Crippen LogP contribution in [0.5, 0.6) is 0 Å². The molecule has 4 heteroatoms. The highest BCUT2D eigenvalue weighted by molar-refractivity contribution is 9.10. The molecule has 0 unspecified atom stereocenters. The monoisotopic (exact) mass is 226 g/mol. The molecule has 0 heterocycles. The molecule has 1 N–H and O–H groups in total.